The Kier molecular flexibility index (Phi) is 3.93. The first kappa shape index (κ1) is 16.0. The highest BCUT2D eigenvalue weighted by Crippen LogP contribution is 2.25. The number of hydrogen-bond donors (Lipinski definition) is 3. The van der Waals surface area contributed by atoms with E-state index in [-0.39, 0.29) is 18.4 Å². The molecule has 6 heteroatoms. The highest BCUT2D eigenvalue weighted by molar-refractivity contribution is 6.01. The molecule has 2 aromatic carbocycles. The van der Waals surface area contributed by atoms with Crippen LogP contribution in [0, 0.1) is 0 Å². The number of anilines is 2. The van der Waals surface area contributed by atoms with Crippen molar-refractivity contribution in [2.45, 2.75) is 13.5 Å². The van der Waals surface area contributed by atoms with E-state index in [2.05, 4.69) is 15.6 Å². The van der Waals surface area contributed by atoms with E-state index in [1.165, 1.54) is 6.92 Å². The zero-order valence-corrected chi connectivity index (χ0v) is 14.2. The van der Waals surface area contributed by atoms with Crippen molar-refractivity contribution in [1.29, 1.82) is 0 Å². The Morgan fingerprint density at radius 1 is 1.08 bits per heavy atom. The first-order chi connectivity index (χ1) is 12.6. The number of aromatic amines is 1. The summed E-state index contributed by atoms with van der Waals surface area (Å²) in [4.78, 5) is 26.9. The van der Waals surface area contributed by atoms with E-state index >= 15 is 0 Å². The molecule has 0 spiro atoms. The van der Waals surface area contributed by atoms with Crippen molar-refractivity contribution < 1.29 is 9.59 Å². The topological polar surface area (TPSA) is 78.9 Å². The minimum Gasteiger partial charge on any atom is -0.361 e. The molecule has 4 aromatic rings. The molecule has 2 heterocycles. The summed E-state index contributed by atoms with van der Waals surface area (Å²) >= 11 is 0. The number of amides is 2. The van der Waals surface area contributed by atoms with Crippen LogP contribution < -0.4 is 10.6 Å². The molecular formula is C20H18N4O2. The summed E-state index contributed by atoms with van der Waals surface area (Å²) in [5.41, 5.74) is 3.43. The molecule has 0 unspecified atom stereocenters. The summed E-state index contributed by atoms with van der Waals surface area (Å²) in [5, 5.41) is 7.70. The molecule has 6 nitrogen and oxygen atoms in total. The smallest absolute Gasteiger partial charge is 0.244 e. The largest absolute Gasteiger partial charge is 0.361 e. The molecule has 2 amide bonds. The van der Waals surface area contributed by atoms with Crippen LogP contribution in [-0.4, -0.2) is 21.4 Å². The van der Waals surface area contributed by atoms with E-state index in [1.54, 1.807) is 0 Å². The number of carbonyl (C=O) groups excluding carboxylic acids is 2. The number of H-pyrrole nitrogens is 1. The molecule has 0 aliphatic carbocycles. The maximum Gasteiger partial charge on any atom is 0.244 e. The van der Waals surface area contributed by atoms with Gasteiger partial charge in [0.2, 0.25) is 11.8 Å². The van der Waals surface area contributed by atoms with Crippen molar-refractivity contribution in [3.63, 3.8) is 0 Å². The molecule has 0 saturated carbocycles. The van der Waals surface area contributed by atoms with Gasteiger partial charge in [-0.05, 0) is 42.5 Å². The molecule has 26 heavy (non-hydrogen) atoms. The zero-order chi connectivity index (χ0) is 18.1. The summed E-state index contributed by atoms with van der Waals surface area (Å²) in [6, 6.07) is 15.3. The van der Waals surface area contributed by atoms with E-state index in [0.717, 1.165) is 33.2 Å². The lowest BCUT2D eigenvalue weighted by Crippen LogP contribution is -2.18. The van der Waals surface area contributed by atoms with Crippen LogP contribution in [0.25, 0.3) is 21.8 Å². The molecule has 0 aliphatic heterocycles. The SMILES string of the molecule is CC(=O)Nc1cccc2c1ccn2CC(=O)Nc1ccc2[nH]ccc2c1. The number of aromatic nitrogens is 2. The van der Waals surface area contributed by atoms with Crippen LogP contribution in [0.5, 0.6) is 0 Å². The van der Waals surface area contributed by atoms with Crippen LogP contribution in [0.2, 0.25) is 0 Å². The average Bonchev–Trinajstić information content (AvgIpc) is 3.22. The highest BCUT2D eigenvalue weighted by atomic mass is 16.2. The number of hydrogen-bond acceptors (Lipinski definition) is 2. The number of carbonyl (C=O) groups is 2. The van der Waals surface area contributed by atoms with Gasteiger partial charge in [0.25, 0.3) is 0 Å². The monoisotopic (exact) mass is 346 g/mol. The van der Waals surface area contributed by atoms with Gasteiger partial charge in [0, 0.05) is 41.3 Å². The van der Waals surface area contributed by atoms with Crippen molar-refractivity contribution >= 4 is 45.0 Å². The molecule has 3 N–H and O–H groups in total. The highest BCUT2D eigenvalue weighted by Gasteiger charge is 2.10. The number of rotatable bonds is 4. The van der Waals surface area contributed by atoms with Crippen LogP contribution >= 0.6 is 0 Å². The summed E-state index contributed by atoms with van der Waals surface area (Å²) < 4.78 is 1.87. The molecule has 2 aromatic heterocycles. The van der Waals surface area contributed by atoms with Gasteiger partial charge in [0.1, 0.15) is 6.54 Å². The van der Waals surface area contributed by atoms with Gasteiger partial charge in [0.05, 0.1) is 11.2 Å². The molecule has 0 aliphatic rings. The van der Waals surface area contributed by atoms with E-state index in [4.69, 9.17) is 0 Å². The predicted molar refractivity (Wildman–Crippen MR) is 103 cm³/mol. The van der Waals surface area contributed by atoms with Gasteiger partial charge in [-0.2, -0.15) is 0 Å². The molecule has 130 valence electrons. The van der Waals surface area contributed by atoms with Gasteiger partial charge in [0.15, 0.2) is 0 Å². The Bertz CT molecular complexity index is 1120. The Hall–Kier alpha value is -3.54. The third-order valence-electron chi connectivity index (χ3n) is 4.28. The van der Waals surface area contributed by atoms with Crippen molar-refractivity contribution in [2.24, 2.45) is 0 Å². The number of benzene rings is 2. The number of nitrogens with zero attached hydrogens (tertiary/aromatic N) is 1. The number of nitrogens with one attached hydrogen (secondary N) is 3. The van der Waals surface area contributed by atoms with Crippen LogP contribution in [-0.2, 0) is 16.1 Å². The third kappa shape index (κ3) is 3.04. The second-order valence-corrected chi connectivity index (χ2v) is 6.19. The Morgan fingerprint density at radius 3 is 2.81 bits per heavy atom. The van der Waals surface area contributed by atoms with E-state index in [0.29, 0.717) is 0 Å². The van der Waals surface area contributed by atoms with Gasteiger partial charge in [-0.15, -0.1) is 0 Å². The van der Waals surface area contributed by atoms with Gasteiger partial charge in [-0.3, -0.25) is 9.59 Å². The van der Waals surface area contributed by atoms with E-state index in [9.17, 15) is 9.59 Å². The van der Waals surface area contributed by atoms with Gasteiger partial charge in [-0.25, -0.2) is 0 Å². The minimum atomic E-state index is -0.122. The first-order valence-electron chi connectivity index (χ1n) is 8.32. The molecular weight excluding hydrogens is 328 g/mol. The van der Waals surface area contributed by atoms with Gasteiger partial charge < -0.3 is 20.2 Å². The Morgan fingerprint density at radius 2 is 1.96 bits per heavy atom. The van der Waals surface area contributed by atoms with Crippen molar-refractivity contribution in [3.05, 3.63) is 60.9 Å². The fourth-order valence-electron chi connectivity index (χ4n) is 3.15. The fraction of sp³-hybridized carbons (Fsp3) is 0.100. The molecule has 0 saturated heterocycles. The van der Waals surface area contributed by atoms with Gasteiger partial charge in [-0.1, -0.05) is 6.07 Å². The molecule has 0 radical (unpaired) electrons. The Labute approximate surface area is 149 Å². The normalized spacial score (nSPS) is 11.0. The maximum absolute atomic E-state index is 12.5. The van der Waals surface area contributed by atoms with Crippen LogP contribution in [0.15, 0.2) is 60.9 Å². The summed E-state index contributed by atoms with van der Waals surface area (Å²) in [6.07, 6.45) is 3.72. The third-order valence-corrected chi connectivity index (χ3v) is 4.28. The van der Waals surface area contributed by atoms with E-state index < -0.39 is 0 Å². The molecule has 0 atom stereocenters. The lowest BCUT2D eigenvalue weighted by Gasteiger charge is -2.09. The van der Waals surface area contributed by atoms with Crippen molar-refractivity contribution in [2.75, 3.05) is 10.6 Å². The second-order valence-electron chi connectivity index (χ2n) is 6.19. The minimum absolute atomic E-state index is 0.109. The zero-order valence-electron chi connectivity index (χ0n) is 14.2. The fourth-order valence-corrected chi connectivity index (χ4v) is 3.15. The van der Waals surface area contributed by atoms with Crippen molar-refractivity contribution in [3.8, 4) is 0 Å². The van der Waals surface area contributed by atoms with Crippen LogP contribution in [0.1, 0.15) is 6.92 Å². The molecule has 4 rings (SSSR count). The first-order valence-corrected chi connectivity index (χ1v) is 8.32. The van der Waals surface area contributed by atoms with Crippen molar-refractivity contribution in [1.82, 2.24) is 9.55 Å². The average molecular weight is 346 g/mol. The second kappa shape index (κ2) is 6.40. The number of fused-ring (bicyclic) bond motifs is 2. The standard InChI is InChI=1S/C20H18N4O2/c1-13(25)22-18-3-2-4-19-16(18)8-10-24(19)12-20(26)23-15-5-6-17-14(11-15)7-9-21-17/h2-11,21H,12H2,1H3,(H,22,25)(H,23,26). The quantitative estimate of drug-likeness (QED) is 0.526. The summed E-state index contributed by atoms with van der Waals surface area (Å²) in [5.74, 6) is -0.231. The van der Waals surface area contributed by atoms with Crippen LogP contribution in [0.3, 0.4) is 0 Å². The Balaban J connectivity index is 1.54. The predicted octanol–water partition coefficient (Wildman–Crippen LogP) is 3.72. The lowest BCUT2D eigenvalue weighted by atomic mass is 10.2. The molecule has 0 fully saturated rings. The lowest BCUT2D eigenvalue weighted by molar-refractivity contribution is -0.116. The van der Waals surface area contributed by atoms with E-state index in [1.807, 2.05) is 65.5 Å². The van der Waals surface area contributed by atoms with Crippen LogP contribution in [0.4, 0.5) is 11.4 Å². The van der Waals surface area contributed by atoms with Gasteiger partial charge >= 0.3 is 0 Å². The molecule has 0 bridgehead atoms. The summed E-state index contributed by atoms with van der Waals surface area (Å²) in [6.45, 7) is 1.67. The summed E-state index contributed by atoms with van der Waals surface area (Å²) in [7, 11) is 0. The maximum atomic E-state index is 12.5.